The predicted octanol–water partition coefficient (Wildman–Crippen LogP) is 6.92. The van der Waals surface area contributed by atoms with Gasteiger partial charge in [0.05, 0.1) is 5.41 Å². The quantitative estimate of drug-likeness (QED) is 0.448. The Morgan fingerprint density at radius 2 is 1.35 bits per heavy atom. The van der Waals surface area contributed by atoms with Crippen molar-refractivity contribution >= 4 is 21.5 Å². The molecule has 1 heteroatoms. The second-order valence-corrected chi connectivity index (χ2v) is 7.29. The van der Waals surface area contributed by atoms with Gasteiger partial charge in [-0.1, -0.05) is 114 Å². The van der Waals surface area contributed by atoms with Gasteiger partial charge in [0.2, 0.25) is 0 Å². The smallest absolute Gasteiger partial charge is 0.0708 e. The Morgan fingerprint density at radius 3 is 1.88 bits per heavy atom. The molecule has 0 nitrogen and oxygen atoms in total. The second-order valence-electron chi connectivity index (χ2n) is 6.44. The first kappa shape index (κ1) is 16.8. The number of benzene rings is 3. The molecule has 0 radical (unpaired) electrons. The Bertz CT molecular complexity index is 971. The standard InChI is InChI=1S/C25H19Br/c1-3-11-21-18(2)25(19-12-6-4-7-13-19,20-14-8-5-9-15-20)22-16-10-17-23(26)24(21)22/h3-17H,1-2H2/b21-11+. The highest BCUT2D eigenvalue weighted by Gasteiger charge is 2.47. The molecule has 0 amide bonds. The summed E-state index contributed by atoms with van der Waals surface area (Å²) in [6.45, 7) is 8.50. The van der Waals surface area contributed by atoms with Crippen molar-refractivity contribution < 1.29 is 0 Å². The van der Waals surface area contributed by atoms with Gasteiger partial charge in [-0.3, -0.25) is 0 Å². The van der Waals surface area contributed by atoms with Gasteiger partial charge in [0.25, 0.3) is 0 Å². The summed E-state index contributed by atoms with van der Waals surface area (Å²) in [5, 5.41) is 0. The Kier molecular flexibility index (Phi) is 4.26. The molecule has 0 atom stereocenters. The van der Waals surface area contributed by atoms with Crippen LogP contribution in [-0.4, -0.2) is 0 Å². The first-order valence-corrected chi connectivity index (χ1v) is 9.43. The van der Waals surface area contributed by atoms with E-state index in [0.717, 1.165) is 15.6 Å². The van der Waals surface area contributed by atoms with Crippen LogP contribution in [0.3, 0.4) is 0 Å². The lowest BCUT2D eigenvalue weighted by atomic mass is 9.68. The topological polar surface area (TPSA) is 0 Å². The Morgan fingerprint density at radius 1 is 0.769 bits per heavy atom. The molecule has 0 N–H and O–H groups in total. The first-order chi connectivity index (χ1) is 12.7. The molecule has 0 heterocycles. The summed E-state index contributed by atoms with van der Waals surface area (Å²) in [7, 11) is 0. The maximum Gasteiger partial charge on any atom is 0.0708 e. The normalized spacial score (nSPS) is 16.5. The van der Waals surface area contributed by atoms with E-state index < -0.39 is 5.41 Å². The SMILES string of the molecule is C=C/C=C1\C(=C)C(c2ccccc2)(c2ccccc2)c2cccc(Br)c21. The molecule has 0 saturated carbocycles. The zero-order valence-electron chi connectivity index (χ0n) is 14.5. The lowest BCUT2D eigenvalue weighted by Gasteiger charge is -2.33. The highest BCUT2D eigenvalue weighted by atomic mass is 79.9. The fourth-order valence-electron chi connectivity index (χ4n) is 4.13. The van der Waals surface area contributed by atoms with Crippen molar-refractivity contribution in [3.05, 3.63) is 136 Å². The van der Waals surface area contributed by atoms with Crippen molar-refractivity contribution in [3.63, 3.8) is 0 Å². The average molecular weight is 399 g/mol. The Labute approximate surface area is 163 Å². The Hall–Kier alpha value is -2.64. The van der Waals surface area contributed by atoms with E-state index >= 15 is 0 Å². The molecule has 0 aliphatic heterocycles. The molecule has 0 bridgehead atoms. The molecule has 0 aromatic heterocycles. The molecular weight excluding hydrogens is 380 g/mol. The summed E-state index contributed by atoms with van der Waals surface area (Å²) in [5.41, 5.74) is 6.71. The van der Waals surface area contributed by atoms with E-state index in [4.69, 9.17) is 0 Å². The monoisotopic (exact) mass is 398 g/mol. The van der Waals surface area contributed by atoms with E-state index in [2.05, 4.69) is 114 Å². The van der Waals surface area contributed by atoms with Crippen LogP contribution in [0, 0.1) is 0 Å². The molecule has 0 unspecified atom stereocenters. The maximum atomic E-state index is 4.58. The van der Waals surface area contributed by atoms with Crippen LogP contribution >= 0.6 is 15.9 Å². The van der Waals surface area contributed by atoms with Gasteiger partial charge in [-0.25, -0.2) is 0 Å². The molecule has 0 fully saturated rings. The van der Waals surface area contributed by atoms with E-state index in [0.29, 0.717) is 0 Å². The fraction of sp³-hybridized carbons (Fsp3) is 0.0400. The molecule has 1 aliphatic carbocycles. The van der Waals surface area contributed by atoms with Gasteiger partial charge in [-0.15, -0.1) is 0 Å². The number of hydrogen-bond donors (Lipinski definition) is 0. The van der Waals surface area contributed by atoms with Crippen LogP contribution < -0.4 is 0 Å². The Balaban J connectivity index is 2.18. The fourth-order valence-corrected chi connectivity index (χ4v) is 4.71. The number of fused-ring (bicyclic) bond motifs is 1. The number of rotatable bonds is 3. The summed E-state index contributed by atoms with van der Waals surface area (Å²) in [6.07, 6.45) is 3.91. The minimum Gasteiger partial charge on any atom is -0.0990 e. The molecule has 4 rings (SSSR count). The first-order valence-electron chi connectivity index (χ1n) is 8.64. The van der Waals surface area contributed by atoms with Crippen molar-refractivity contribution in [2.24, 2.45) is 0 Å². The summed E-state index contributed by atoms with van der Waals surface area (Å²) >= 11 is 3.77. The summed E-state index contributed by atoms with van der Waals surface area (Å²) in [5.74, 6) is 0. The lowest BCUT2D eigenvalue weighted by molar-refractivity contribution is 0.771. The molecule has 0 saturated heterocycles. The van der Waals surface area contributed by atoms with Gasteiger partial charge in [-0.2, -0.15) is 0 Å². The molecule has 3 aromatic carbocycles. The van der Waals surface area contributed by atoms with Crippen LogP contribution in [0.4, 0.5) is 0 Å². The van der Waals surface area contributed by atoms with Crippen LogP contribution in [0.15, 0.2) is 114 Å². The summed E-state index contributed by atoms with van der Waals surface area (Å²) in [4.78, 5) is 0. The number of halogens is 1. The van der Waals surface area contributed by atoms with Crippen molar-refractivity contribution in [1.82, 2.24) is 0 Å². The highest BCUT2D eigenvalue weighted by Crippen LogP contribution is 2.57. The zero-order valence-corrected chi connectivity index (χ0v) is 16.0. The number of hydrogen-bond acceptors (Lipinski definition) is 0. The third kappa shape index (κ3) is 2.28. The van der Waals surface area contributed by atoms with Crippen LogP contribution in [0.25, 0.3) is 5.57 Å². The third-order valence-electron chi connectivity index (χ3n) is 5.16. The third-order valence-corrected chi connectivity index (χ3v) is 5.82. The molecule has 3 aromatic rings. The highest BCUT2D eigenvalue weighted by molar-refractivity contribution is 9.10. The van der Waals surface area contributed by atoms with Crippen LogP contribution in [-0.2, 0) is 5.41 Å². The van der Waals surface area contributed by atoms with Crippen molar-refractivity contribution in [2.75, 3.05) is 0 Å². The average Bonchev–Trinajstić information content (AvgIpc) is 2.94. The van der Waals surface area contributed by atoms with Crippen LogP contribution in [0.2, 0.25) is 0 Å². The molecule has 1 aliphatic rings. The van der Waals surface area contributed by atoms with Gasteiger partial charge in [0.1, 0.15) is 0 Å². The van der Waals surface area contributed by atoms with Gasteiger partial charge < -0.3 is 0 Å². The van der Waals surface area contributed by atoms with Crippen molar-refractivity contribution in [2.45, 2.75) is 5.41 Å². The van der Waals surface area contributed by atoms with E-state index in [1.54, 1.807) is 0 Å². The summed E-state index contributed by atoms with van der Waals surface area (Å²) in [6, 6.07) is 27.7. The van der Waals surface area contributed by atoms with Crippen LogP contribution in [0.5, 0.6) is 0 Å². The zero-order chi connectivity index (χ0) is 18.1. The van der Waals surface area contributed by atoms with Gasteiger partial charge in [0.15, 0.2) is 0 Å². The molecule has 26 heavy (non-hydrogen) atoms. The van der Waals surface area contributed by atoms with Gasteiger partial charge >= 0.3 is 0 Å². The van der Waals surface area contributed by atoms with Crippen molar-refractivity contribution in [1.29, 1.82) is 0 Å². The molecule has 126 valence electrons. The summed E-state index contributed by atoms with van der Waals surface area (Å²) < 4.78 is 1.08. The van der Waals surface area contributed by atoms with Crippen LogP contribution in [0.1, 0.15) is 22.3 Å². The van der Waals surface area contributed by atoms with E-state index in [1.807, 2.05) is 6.08 Å². The van der Waals surface area contributed by atoms with E-state index in [-0.39, 0.29) is 0 Å². The minimum atomic E-state index is -0.406. The van der Waals surface area contributed by atoms with E-state index in [1.165, 1.54) is 22.3 Å². The maximum absolute atomic E-state index is 4.58. The lowest BCUT2D eigenvalue weighted by Crippen LogP contribution is -2.28. The molecule has 0 spiro atoms. The molecular formula is C25H19Br. The van der Waals surface area contributed by atoms with Gasteiger partial charge in [0, 0.05) is 10.0 Å². The van der Waals surface area contributed by atoms with Gasteiger partial charge in [-0.05, 0) is 33.9 Å². The van der Waals surface area contributed by atoms with E-state index in [9.17, 15) is 0 Å². The number of allylic oxidation sites excluding steroid dienone is 4. The van der Waals surface area contributed by atoms with Crippen molar-refractivity contribution in [3.8, 4) is 0 Å². The largest absolute Gasteiger partial charge is 0.0990 e. The second kappa shape index (κ2) is 6.59. The predicted molar refractivity (Wildman–Crippen MR) is 114 cm³/mol. The minimum absolute atomic E-state index is 0.406.